The summed E-state index contributed by atoms with van der Waals surface area (Å²) >= 11 is 6.86. The fourth-order valence-corrected chi connectivity index (χ4v) is 4.09. The van der Waals surface area contributed by atoms with Gasteiger partial charge in [-0.2, -0.15) is 0 Å². The van der Waals surface area contributed by atoms with E-state index < -0.39 is 11.8 Å². The molecule has 0 radical (unpaired) electrons. The summed E-state index contributed by atoms with van der Waals surface area (Å²) in [7, 11) is 0. The third-order valence-corrected chi connectivity index (χ3v) is 5.60. The normalized spacial score (nSPS) is 13.2. The summed E-state index contributed by atoms with van der Waals surface area (Å²) in [6.07, 6.45) is 1.44. The molecule has 1 fully saturated rings. The van der Waals surface area contributed by atoms with E-state index in [4.69, 9.17) is 21.7 Å². The minimum atomic E-state index is -0.583. The van der Waals surface area contributed by atoms with Crippen LogP contribution in [-0.4, -0.2) is 36.0 Å². The van der Waals surface area contributed by atoms with E-state index in [-0.39, 0.29) is 23.2 Å². The molecular formula is C23H22IN3O5S. The molecule has 8 nitrogen and oxygen atoms in total. The molecule has 0 saturated carbocycles. The van der Waals surface area contributed by atoms with E-state index in [1.54, 1.807) is 12.1 Å². The summed E-state index contributed by atoms with van der Waals surface area (Å²) in [5, 5.41) is 7.60. The first kappa shape index (κ1) is 24.6. The summed E-state index contributed by atoms with van der Waals surface area (Å²) in [5.41, 5.74) is 3.27. The molecule has 0 unspecified atom stereocenters. The Morgan fingerprint density at radius 3 is 2.45 bits per heavy atom. The van der Waals surface area contributed by atoms with Crippen molar-refractivity contribution >= 4 is 69.4 Å². The molecule has 3 N–H and O–H groups in total. The lowest BCUT2D eigenvalue weighted by Crippen LogP contribution is -2.51. The topological polar surface area (TPSA) is 106 Å². The fraction of sp³-hybridized carbons (Fsp3) is 0.217. The second kappa shape index (κ2) is 10.8. The van der Waals surface area contributed by atoms with Gasteiger partial charge in [-0.25, -0.2) is 0 Å². The molecule has 2 aromatic carbocycles. The predicted molar refractivity (Wildman–Crippen MR) is 137 cm³/mol. The average molecular weight is 579 g/mol. The Hall–Kier alpha value is -2.99. The highest BCUT2D eigenvalue weighted by molar-refractivity contribution is 14.1. The molecule has 0 aliphatic carbocycles. The van der Waals surface area contributed by atoms with E-state index in [1.807, 2.05) is 39.0 Å². The molecule has 1 aliphatic rings. The van der Waals surface area contributed by atoms with Crippen LogP contribution >= 0.6 is 34.8 Å². The van der Waals surface area contributed by atoms with Crippen molar-refractivity contribution in [1.82, 2.24) is 10.6 Å². The smallest absolute Gasteiger partial charge is 0.263 e. The first-order chi connectivity index (χ1) is 15.7. The molecule has 33 heavy (non-hydrogen) atoms. The zero-order valence-electron chi connectivity index (χ0n) is 18.2. The van der Waals surface area contributed by atoms with E-state index in [2.05, 4.69) is 38.5 Å². The summed E-state index contributed by atoms with van der Waals surface area (Å²) in [5.74, 6) is -0.685. The van der Waals surface area contributed by atoms with Gasteiger partial charge in [0.05, 0.1) is 10.2 Å². The minimum absolute atomic E-state index is 0.0328. The number of nitrogens with one attached hydrogen (secondary N) is 3. The maximum absolute atomic E-state index is 12.4. The van der Waals surface area contributed by atoms with E-state index in [1.165, 1.54) is 6.08 Å². The number of amides is 3. The number of rotatable bonds is 7. The first-order valence-electron chi connectivity index (χ1n) is 10.0. The zero-order valence-corrected chi connectivity index (χ0v) is 21.2. The number of hydrogen-bond acceptors (Lipinski definition) is 6. The fourth-order valence-electron chi connectivity index (χ4n) is 3.13. The molecule has 10 heteroatoms. The molecule has 0 spiro atoms. The van der Waals surface area contributed by atoms with Crippen LogP contribution in [0.1, 0.15) is 23.6 Å². The van der Waals surface area contributed by atoms with Gasteiger partial charge >= 0.3 is 0 Å². The molecule has 0 aromatic heterocycles. The molecule has 0 bridgehead atoms. The maximum atomic E-state index is 12.4. The molecular weight excluding hydrogens is 557 g/mol. The van der Waals surface area contributed by atoms with Crippen LogP contribution in [-0.2, 0) is 14.4 Å². The van der Waals surface area contributed by atoms with E-state index in [0.717, 1.165) is 16.8 Å². The third-order valence-electron chi connectivity index (χ3n) is 4.59. The number of thiocarbonyl (C=S) groups is 1. The van der Waals surface area contributed by atoms with Crippen molar-refractivity contribution < 1.29 is 23.9 Å². The van der Waals surface area contributed by atoms with Crippen LogP contribution in [0.25, 0.3) is 6.08 Å². The largest absolute Gasteiger partial charge is 0.490 e. The number of anilines is 1. The van der Waals surface area contributed by atoms with Crippen molar-refractivity contribution in [2.75, 3.05) is 18.5 Å². The standard InChI is InChI=1S/C23H22IN3O5S/c1-4-31-18-10-14(8-15-21(29)26-23(33)27-22(15)30)9-16(24)20(18)32-11-19(28)25-17-6-5-12(2)7-13(17)3/h5-10H,4,11H2,1-3H3,(H,25,28)(H2,26,27,29,30,33). The van der Waals surface area contributed by atoms with Crippen molar-refractivity contribution in [3.05, 3.63) is 56.2 Å². The van der Waals surface area contributed by atoms with Crippen molar-refractivity contribution in [1.29, 1.82) is 0 Å². The molecule has 0 atom stereocenters. The second-order valence-corrected chi connectivity index (χ2v) is 8.78. The van der Waals surface area contributed by atoms with Gasteiger partial charge in [-0.15, -0.1) is 0 Å². The van der Waals surface area contributed by atoms with E-state index >= 15 is 0 Å². The quantitative estimate of drug-likeness (QED) is 0.202. The van der Waals surface area contributed by atoms with Gasteiger partial charge in [0.25, 0.3) is 17.7 Å². The Kier molecular flexibility index (Phi) is 8.03. The predicted octanol–water partition coefficient (Wildman–Crippen LogP) is 3.24. The SMILES string of the molecule is CCOc1cc(C=C2C(=O)NC(=S)NC2=O)cc(I)c1OCC(=O)Nc1ccc(C)cc1C. The monoisotopic (exact) mass is 579 g/mol. The van der Waals surface area contributed by atoms with Gasteiger partial charge < -0.3 is 14.8 Å². The third kappa shape index (κ3) is 6.29. The van der Waals surface area contributed by atoms with Crippen molar-refractivity contribution in [2.45, 2.75) is 20.8 Å². The van der Waals surface area contributed by atoms with Crippen LogP contribution in [0.2, 0.25) is 0 Å². The molecule has 1 saturated heterocycles. The lowest BCUT2D eigenvalue weighted by Gasteiger charge is -2.17. The summed E-state index contributed by atoms with van der Waals surface area (Å²) < 4.78 is 12.1. The number of ether oxygens (including phenoxy) is 2. The van der Waals surface area contributed by atoms with E-state index in [0.29, 0.717) is 27.2 Å². The van der Waals surface area contributed by atoms with Gasteiger partial charge in [-0.05, 0) is 91.0 Å². The van der Waals surface area contributed by atoms with Crippen LogP contribution in [0.3, 0.4) is 0 Å². The summed E-state index contributed by atoms with van der Waals surface area (Å²) in [6.45, 7) is 5.87. The highest BCUT2D eigenvalue weighted by atomic mass is 127. The Bertz CT molecular complexity index is 1160. The molecule has 1 aliphatic heterocycles. The highest BCUT2D eigenvalue weighted by Crippen LogP contribution is 2.35. The molecule has 172 valence electrons. The summed E-state index contributed by atoms with van der Waals surface area (Å²) in [6, 6.07) is 9.13. The van der Waals surface area contributed by atoms with Crippen LogP contribution in [0.5, 0.6) is 11.5 Å². The second-order valence-electron chi connectivity index (χ2n) is 7.21. The average Bonchev–Trinajstić information content (AvgIpc) is 2.72. The minimum Gasteiger partial charge on any atom is -0.490 e. The van der Waals surface area contributed by atoms with Crippen molar-refractivity contribution in [3.63, 3.8) is 0 Å². The Morgan fingerprint density at radius 1 is 1.12 bits per heavy atom. The van der Waals surface area contributed by atoms with Crippen molar-refractivity contribution in [2.24, 2.45) is 0 Å². The molecule has 3 amide bonds. The van der Waals surface area contributed by atoms with Gasteiger partial charge in [-0.3, -0.25) is 25.0 Å². The van der Waals surface area contributed by atoms with Crippen LogP contribution < -0.4 is 25.4 Å². The van der Waals surface area contributed by atoms with Gasteiger partial charge in [0.2, 0.25) is 0 Å². The van der Waals surface area contributed by atoms with Gasteiger partial charge in [0.15, 0.2) is 23.2 Å². The number of carbonyl (C=O) groups is 3. The maximum Gasteiger partial charge on any atom is 0.263 e. The number of carbonyl (C=O) groups excluding carboxylic acids is 3. The zero-order chi connectivity index (χ0) is 24.1. The molecule has 3 rings (SSSR count). The van der Waals surface area contributed by atoms with Crippen LogP contribution in [0, 0.1) is 17.4 Å². The number of benzene rings is 2. The lowest BCUT2D eigenvalue weighted by molar-refractivity contribution is -0.123. The van der Waals surface area contributed by atoms with Crippen LogP contribution in [0.4, 0.5) is 5.69 Å². The Balaban J connectivity index is 1.79. The molecule has 1 heterocycles. The van der Waals surface area contributed by atoms with Crippen molar-refractivity contribution in [3.8, 4) is 11.5 Å². The summed E-state index contributed by atoms with van der Waals surface area (Å²) in [4.78, 5) is 36.7. The Morgan fingerprint density at radius 2 is 1.82 bits per heavy atom. The van der Waals surface area contributed by atoms with E-state index in [9.17, 15) is 14.4 Å². The van der Waals surface area contributed by atoms with Gasteiger partial charge in [-0.1, -0.05) is 17.7 Å². The lowest BCUT2D eigenvalue weighted by atomic mass is 10.1. The van der Waals surface area contributed by atoms with Crippen LogP contribution in [0.15, 0.2) is 35.9 Å². The number of aryl methyl sites for hydroxylation is 2. The first-order valence-corrected chi connectivity index (χ1v) is 11.5. The molecule has 2 aromatic rings. The Labute approximate surface area is 210 Å². The number of hydrogen-bond donors (Lipinski definition) is 3. The number of halogens is 1. The highest BCUT2D eigenvalue weighted by Gasteiger charge is 2.26. The van der Waals surface area contributed by atoms with Gasteiger partial charge in [0.1, 0.15) is 5.57 Å². The van der Waals surface area contributed by atoms with Gasteiger partial charge in [0, 0.05) is 5.69 Å².